The summed E-state index contributed by atoms with van der Waals surface area (Å²) in [6, 6.07) is 8.21. The van der Waals surface area contributed by atoms with E-state index in [2.05, 4.69) is 30.9 Å². The molecule has 0 heterocycles. The number of methoxy groups -OCH3 is 1. The maximum absolute atomic E-state index is 9.81. The fourth-order valence-corrected chi connectivity index (χ4v) is 2.11. The van der Waals surface area contributed by atoms with Gasteiger partial charge in [0.2, 0.25) is 0 Å². The van der Waals surface area contributed by atoms with Gasteiger partial charge in [-0.25, -0.2) is 0 Å². The molecule has 0 amide bonds. The number of hydrogen-bond acceptors (Lipinski definition) is 3. The van der Waals surface area contributed by atoms with Crippen LogP contribution in [0.15, 0.2) is 24.3 Å². The first-order chi connectivity index (χ1) is 9.08. The first-order valence-electron chi connectivity index (χ1n) is 7.10. The Kier molecular flexibility index (Phi) is 6.89. The predicted octanol–water partition coefficient (Wildman–Crippen LogP) is 3.24. The van der Waals surface area contributed by atoms with Gasteiger partial charge in [0.25, 0.3) is 0 Å². The van der Waals surface area contributed by atoms with Crippen LogP contribution in [-0.2, 0) is 4.74 Å². The largest absolute Gasteiger partial charge is 0.388 e. The molecule has 0 saturated heterocycles. The van der Waals surface area contributed by atoms with Crippen LogP contribution in [0, 0.1) is 5.92 Å². The van der Waals surface area contributed by atoms with Crippen LogP contribution in [0.2, 0.25) is 0 Å². The van der Waals surface area contributed by atoms with Gasteiger partial charge in [0.15, 0.2) is 0 Å². The summed E-state index contributed by atoms with van der Waals surface area (Å²) in [7, 11) is 1.73. The van der Waals surface area contributed by atoms with Gasteiger partial charge in [-0.2, -0.15) is 0 Å². The van der Waals surface area contributed by atoms with E-state index in [1.165, 1.54) is 5.69 Å². The highest BCUT2D eigenvalue weighted by molar-refractivity contribution is 5.48. The molecule has 108 valence electrons. The molecule has 3 heteroatoms. The van der Waals surface area contributed by atoms with Gasteiger partial charge in [-0.05, 0) is 30.0 Å². The van der Waals surface area contributed by atoms with E-state index >= 15 is 0 Å². The topological polar surface area (TPSA) is 32.7 Å². The SMILES string of the molecule is CCC(O)c1ccc(N(CCOC)CC(C)C)cc1. The van der Waals surface area contributed by atoms with Crippen molar-refractivity contribution in [2.45, 2.75) is 33.3 Å². The fraction of sp³-hybridized carbons (Fsp3) is 0.625. The minimum Gasteiger partial charge on any atom is -0.388 e. The maximum atomic E-state index is 9.81. The van der Waals surface area contributed by atoms with E-state index in [4.69, 9.17) is 4.74 Å². The van der Waals surface area contributed by atoms with Crippen LogP contribution < -0.4 is 4.90 Å². The Hall–Kier alpha value is -1.06. The van der Waals surface area contributed by atoms with Gasteiger partial charge in [-0.15, -0.1) is 0 Å². The molecular formula is C16H27NO2. The molecule has 0 aliphatic rings. The lowest BCUT2D eigenvalue weighted by molar-refractivity contribution is 0.173. The van der Waals surface area contributed by atoms with Crippen molar-refractivity contribution in [3.63, 3.8) is 0 Å². The summed E-state index contributed by atoms with van der Waals surface area (Å²) in [6.45, 7) is 9.06. The summed E-state index contributed by atoms with van der Waals surface area (Å²) >= 11 is 0. The quantitative estimate of drug-likeness (QED) is 0.783. The molecular weight excluding hydrogens is 238 g/mol. The van der Waals surface area contributed by atoms with Crippen molar-refractivity contribution in [1.29, 1.82) is 0 Å². The van der Waals surface area contributed by atoms with Crippen LogP contribution in [0.5, 0.6) is 0 Å². The molecule has 1 N–H and O–H groups in total. The van der Waals surface area contributed by atoms with Crippen molar-refractivity contribution in [2.24, 2.45) is 5.92 Å². The normalized spacial score (nSPS) is 12.7. The van der Waals surface area contributed by atoms with Gasteiger partial charge < -0.3 is 14.7 Å². The van der Waals surface area contributed by atoms with E-state index in [9.17, 15) is 5.11 Å². The zero-order valence-electron chi connectivity index (χ0n) is 12.6. The first-order valence-corrected chi connectivity index (χ1v) is 7.10. The Bertz CT molecular complexity index is 348. The van der Waals surface area contributed by atoms with Gasteiger partial charge in [-0.1, -0.05) is 32.9 Å². The van der Waals surface area contributed by atoms with Crippen LogP contribution >= 0.6 is 0 Å². The number of benzene rings is 1. The minimum absolute atomic E-state index is 0.355. The second kappa shape index (κ2) is 8.18. The Morgan fingerprint density at radius 2 is 1.84 bits per heavy atom. The molecule has 1 atom stereocenters. The highest BCUT2D eigenvalue weighted by Crippen LogP contribution is 2.21. The van der Waals surface area contributed by atoms with Crippen molar-refractivity contribution in [1.82, 2.24) is 0 Å². The van der Waals surface area contributed by atoms with Gasteiger partial charge in [0.05, 0.1) is 12.7 Å². The molecule has 0 aliphatic carbocycles. The monoisotopic (exact) mass is 265 g/mol. The first kappa shape index (κ1) is 16.0. The summed E-state index contributed by atoms with van der Waals surface area (Å²) in [5.41, 5.74) is 2.18. The van der Waals surface area contributed by atoms with Crippen molar-refractivity contribution in [3.8, 4) is 0 Å². The average molecular weight is 265 g/mol. The molecule has 0 bridgehead atoms. The number of ether oxygens (including phenoxy) is 1. The molecule has 1 aromatic carbocycles. The number of anilines is 1. The molecule has 0 aromatic heterocycles. The Labute approximate surface area is 117 Å². The molecule has 1 unspecified atom stereocenters. The molecule has 3 nitrogen and oxygen atoms in total. The lowest BCUT2D eigenvalue weighted by atomic mass is 10.1. The summed E-state index contributed by atoms with van der Waals surface area (Å²) < 4.78 is 5.17. The smallest absolute Gasteiger partial charge is 0.0787 e. The van der Waals surface area contributed by atoms with E-state index in [0.717, 1.165) is 31.7 Å². The number of aliphatic hydroxyl groups is 1. The lowest BCUT2D eigenvalue weighted by Gasteiger charge is -2.26. The third kappa shape index (κ3) is 5.21. The van der Waals surface area contributed by atoms with E-state index in [1.807, 2.05) is 19.1 Å². The van der Waals surface area contributed by atoms with Crippen molar-refractivity contribution in [3.05, 3.63) is 29.8 Å². The summed E-state index contributed by atoms with van der Waals surface area (Å²) in [5.74, 6) is 0.609. The second-order valence-corrected chi connectivity index (χ2v) is 5.35. The highest BCUT2D eigenvalue weighted by atomic mass is 16.5. The Balaban J connectivity index is 2.77. The van der Waals surface area contributed by atoms with Crippen LogP contribution in [-0.4, -0.2) is 31.9 Å². The molecule has 0 radical (unpaired) electrons. The highest BCUT2D eigenvalue weighted by Gasteiger charge is 2.10. The average Bonchev–Trinajstić information content (AvgIpc) is 2.42. The van der Waals surface area contributed by atoms with Crippen LogP contribution in [0.3, 0.4) is 0 Å². The third-order valence-electron chi connectivity index (χ3n) is 3.18. The van der Waals surface area contributed by atoms with Gasteiger partial charge in [0, 0.05) is 25.9 Å². The third-order valence-corrected chi connectivity index (χ3v) is 3.18. The zero-order valence-corrected chi connectivity index (χ0v) is 12.6. The molecule has 0 fully saturated rings. The Morgan fingerprint density at radius 1 is 1.21 bits per heavy atom. The van der Waals surface area contributed by atoms with E-state index in [1.54, 1.807) is 7.11 Å². The predicted molar refractivity (Wildman–Crippen MR) is 80.6 cm³/mol. The molecule has 0 saturated carbocycles. The molecule has 19 heavy (non-hydrogen) atoms. The molecule has 0 spiro atoms. The summed E-state index contributed by atoms with van der Waals surface area (Å²) in [6.07, 6.45) is 0.394. The van der Waals surface area contributed by atoms with Gasteiger partial charge in [0.1, 0.15) is 0 Å². The number of aliphatic hydroxyl groups excluding tert-OH is 1. The van der Waals surface area contributed by atoms with E-state index < -0.39 is 0 Å². The summed E-state index contributed by atoms with van der Waals surface area (Å²) in [5, 5.41) is 9.81. The van der Waals surface area contributed by atoms with Gasteiger partial charge in [-0.3, -0.25) is 0 Å². The molecule has 0 aliphatic heterocycles. The van der Waals surface area contributed by atoms with Crippen molar-refractivity contribution < 1.29 is 9.84 Å². The van der Waals surface area contributed by atoms with E-state index in [-0.39, 0.29) is 6.10 Å². The molecule has 1 aromatic rings. The lowest BCUT2D eigenvalue weighted by Crippen LogP contribution is -2.30. The standard InChI is InChI=1S/C16H27NO2/c1-5-16(18)14-6-8-15(9-7-14)17(10-11-19-4)12-13(2)3/h6-9,13,16,18H,5,10-12H2,1-4H3. The number of nitrogens with zero attached hydrogens (tertiary/aromatic N) is 1. The fourth-order valence-electron chi connectivity index (χ4n) is 2.11. The van der Waals surface area contributed by atoms with Crippen molar-refractivity contribution >= 4 is 5.69 Å². The second-order valence-electron chi connectivity index (χ2n) is 5.35. The van der Waals surface area contributed by atoms with Crippen LogP contribution in [0.4, 0.5) is 5.69 Å². The number of hydrogen-bond donors (Lipinski definition) is 1. The maximum Gasteiger partial charge on any atom is 0.0787 e. The van der Waals surface area contributed by atoms with Crippen LogP contribution in [0.1, 0.15) is 38.9 Å². The number of rotatable bonds is 8. The van der Waals surface area contributed by atoms with Gasteiger partial charge >= 0.3 is 0 Å². The minimum atomic E-state index is -0.355. The molecule has 1 rings (SSSR count). The Morgan fingerprint density at radius 3 is 2.32 bits per heavy atom. The zero-order chi connectivity index (χ0) is 14.3. The summed E-state index contributed by atoms with van der Waals surface area (Å²) in [4.78, 5) is 2.33. The van der Waals surface area contributed by atoms with Crippen molar-refractivity contribution in [2.75, 3.05) is 31.7 Å². The van der Waals surface area contributed by atoms with E-state index in [0.29, 0.717) is 5.92 Å². The van der Waals surface area contributed by atoms with Crippen LogP contribution in [0.25, 0.3) is 0 Å².